The van der Waals surface area contributed by atoms with Crippen LogP contribution >= 0.6 is 0 Å². The highest BCUT2D eigenvalue weighted by Gasteiger charge is 2.57. The topological polar surface area (TPSA) is 150 Å². The molecule has 1 unspecified atom stereocenters. The van der Waals surface area contributed by atoms with Gasteiger partial charge < -0.3 is 21.3 Å². The van der Waals surface area contributed by atoms with Gasteiger partial charge in [0.25, 0.3) is 0 Å². The second kappa shape index (κ2) is 12.1. The van der Waals surface area contributed by atoms with Crippen LogP contribution in [0.5, 0.6) is 0 Å². The second-order valence-corrected chi connectivity index (χ2v) is 8.56. The molecule has 1 heterocycles. The lowest BCUT2D eigenvalue weighted by atomic mass is 9.84. The van der Waals surface area contributed by atoms with Gasteiger partial charge in [-0.3, -0.25) is 19.3 Å². The highest BCUT2D eigenvalue weighted by atomic mass is 19.4. The SMILES string of the molecule is N[C@@H](CCCCNC(=O)C(F)(F)F)C(=O)[C@@]1(C(=O)O)CCCN1C(CCc1ccccc1)C(=O)O. The summed E-state index contributed by atoms with van der Waals surface area (Å²) in [6, 6.07) is 6.60. The van der Waals surface area contributed by atoms with Crippen molar-refractivity contribution in [3.05, 3.63) is 35.9 Å². The van der Waals surface area contributed by atoms with E-state index in [1.807, 2.05) is 18.2 Å². The average molecular weight is 502 g/mol. The molecule has 3 atom stereocenters. The minimum absolute atomic E-state index is 0.0225. The molecule has 1 amide bonds. The number of aliphatic carboxylic acids is 2. The summed E-state index contributed by atoms with van der Waals surface area (Å²) in [5.74, 6) is -5.61. The lowest BCUT2D eigenvalue weighted by Gasteiger charge is -2.38. The first-order valence-electron chi connectivity index (χ1n) is 11.3. The summed E-state index contributed by atoms with van der Waals surface area (Å²) in [6.45, 7) is -0.185. The second-order valence-electron chi connectivity index (χ2n) is 8.56. The van der Waals surface area contributed by atoms with Crippen LogP contribution in [0.2, 0.25) is 0 Å². The molecule has 1 aliphatic rings. The number of ketones is 1. The molecule has 1 aromatic carbocycles. The summed E-state index contributed by atoms with van der Waals surface area (Å²) in [5.41, 5.74) is 4.76. The number of unbranched alkanes of at least 4 members (excludes halogenated alkanes) is 1. The van der Waals surface area contributed by atoms with Gasteiger partial charge in [0, 0.05) is 13.1 Å². The van der Waals surface area contributed by atoms with Crippen molar-refractivity contribution in [3.8, 4) is 0 Å². The first-order chi connectivity index (χ1) is 16.4. The zero-order chi connectivity index (χ0) is 26.2. The van der Waals surface area contributed by atoms with Crippen LogP contribution in [0.4, 0.5) is 13.2 Å². The lowest BCUT2D eigenvalue weighted by molar-refractivity contribution is -0.173. The lowest BCUT2D eigenvalue weighted by Crippen LogP contribution is -2.64. The van der Waals surface area contributed by atoms with Gasteiger partial charge in [-0.15, -0.1) is 0 Å². The normalized spacial score (nSPS) is 20.2. The molecule has 1 fully saturated rings. The zero-order valence-electron chi connectivity index (χ0n) is 19.1. The number of carbonyl (C=O) groups excluding carboxylic acids is 2. The third-order valence-corrected chi connectivity index (χ3v) is 6.22. The summed E-state index contributed by atoms with van der Waals surface area (Å²) < 4.78 is 36.6. The predicted octanol–water partition coefficient (Wildman–Crippen LogP) is 1.74. The van der Waals surface area contributed by atoms with Crippen LogP contribution < -0.4 is 11.1 Å². The fourth-order valence-corrected chi connectivity index (χ4v) is 4.45. The summed E-state index contributed by atoms with van der Waals surface area (Å²) in [4.78, 5) is 49.8. The Kier molecular flexibility index (Phi) is 9.78. The molecule has 0 saturated carbocycles. The Hall–Kier alpha value is -2.99. The highest BCUT2D eigenvalue weighted by Crippen LogP contribution is 2.35. The zero-order valence-corrected chi connectivity index (χ0v) is 19.1. The molecule has 0 radical (unpaired) electrons. The van der Waals surface area contributed by atoms with Crippen molar-refractivity contribution >= 4 is 23.6 Å². The number of nitrogens with one attached hydrogen (secondary N) is 1. The summed E-state index contributed by atoms with van der Waals surface area (Å²) >= 11 is 0. The van der Waals surface area contributed by atoms with Crippen molar-refractivity contribution in [2.75, 3.05) is 13.1 Å². The number of likely N-dealkylation sites (tertiary alicyclic amines) is 1. The van der Waals surface area contributed by atoms with E-state index < -0.39 is 47.4 Å². The van der Waals surface area contributed by atoms with E-state index in [1.54, 1.807) is 17.4 Å². The van der Waals surface area contributed by atoms with E-state index in [2.05, 4.69) is 0 Å². The predicted molar refractivity (Wildman–Crippen MR) is 118 cm³/mol. The van der Waals surface area contributed by atoms with Gasteiger partial charge in [0.05, 0.1) is 6.04 Å². The van der Waals surface area contributed by atoms with Gasteiger partial charge in [0.2, 0.25) is 0 Å². The minimum atomic E-state index is -4.99. The largest absolute Gasteiger partial charge is 0.480 e. The van der Waals surface area contributed by atoms with Gasteiger partial charge in [0.15, 0.2) is 11.3 Å². The minimum Gasteiger partial charge on any atom is -0.480 e. The molecule has 12 heteroatoms. The van der Waals surface area contributed by atoms with Crippen LogP contribution in [-0.2, 0) is 25.6 Å². The Morgan fingerprint density at radius 2 is 1.74 bits per heavy atom. The first kappa shape index (κ1) is 28.2. The number of nitrogens with zero attached hydrogens (tertiary/aromatic N) is 1. The van der Waals surface area contributed by atoms with Gasteiger partial charge in [0.1, 0.15) is 6.04 Å². The van der Waals surface area contributed by atoms with Crippen LogP contribution in [0.15, 0.2) is 30.3 Å². The molecule has 0 aliphatic carbocycles. The quantitative estimate of drug-likeness (QED) is 0.236. The molecule has 35 heavy (non-hydrogen) atoms. The standard InChI is InChI=1S/C23H30F3N3O6/c24-23(25,26)20(33)28-13-5-4-9-16(27)18(30)22(21(34)35)12-6-14-29(22)17(19(31)32)11-10-15-7-2-1-3-8-15/h1-3,7-8,16-17H,4-6,9-14,27H2,(H,28,33)(H,31,32)(H,34,35)/t16-,17?,22+/m0/s1. The molecule has 0 aromatic heterocycles. The number of rotatable bonds is 13. The van der Waals surface area contributed by atoms with Crippen LogP contribution in [0.1, 0.15) is 44.1 Å². The maximum atomic E-state index is 13.3. The smallest absolute Gasteiger partial charge is 0.471 e. The average Bonchev–Trinajstić information content (AvgIpc) is 3.24. The number of hydrogen-bond acceptors (Lipinski definition) is 6. The number of hydrogen-bond donors (Lipinski definition) is 4. The Morgan fingerprint density at radius 3 is 2.31 bits per heavy atom. The Balaban J connectivity index is 2.06. The number of carboxylic acid groups (broad SMARTS) is 2. The van der Waals surface area contributed by atoms with Crippen molar-refractivity contribution in [3.63, 3.8) is 0 Å². The van der Waals surface area contributed by atoms with E-state index in [4.69, 9.17) is 5.73 Å². The summed E-state index contributed by atoms with van der Waals surface area (Å²) in [5, 5.41) is 21.6. The van der Waals surface area contributed by atoms with E-state index in [0.29, 0.717) is 12.8 Å². The molecule has 5 N–H and O–H groups in total. The number of Topliss-reactive ketones (excluding diaryl/α,β-unsaturated/α-hetero) is 1. The van der Waals surface area contributed by atoms with Gasteiger partial charge in [-0.1, -0.05) is 30.3 Å². The van der Waals surface area contributed by atoms with E-state index in [-0.39, 0.29) is 45.2 Å². The van der Waals surface area contributed by atoms with Crippen molar-refractivity contribution in [1.82, 2.24) is 10.2 Å². The molecule has 0 bridgehead atoms. The third-order valence-electron chi connectivity index (χ3n) is 6.22. The van der Waals surface area contributed by atoms with Gasteiger partial charge >= 0.3 is 24.0 Å². The molecule has 2 rings (SSSR count). The summed E-state index contributed by atoms with van der Waals surface area (Å²) in [7, 11) is 0. The van der Waals surface area contributed by atoms with Crippen LogP contribution in [0.3, 0.4) is 0 Å². The van der Waals surface area contributed by atoms with Crippen LogP contribution in [-0.4, -0.2) is 75.6 Å². The summed E-state index contributed by atoms with van der Waals surface area (Å²) in [6.07, 6.45) is -4.09. The molecule has 194 valence electrons. The van der Waals surface area contributed by atoms with Crippen LogP contribution in [0, 0.1) is 0 Å². The molecule has 1 aliphatic heterocycles. The van der Waals surface area contributed by atoms with Crippen LogP contribution in [0.25, 0.3) is 0 Å². The first-order valence-corrected chi connectivity index (χ1v) is 11.3. The monoisotopic (exact) mass is 501 g/mol. The highest BCUT2D eigenvalue weighted by molar-refractivity contribution is 6.10. The maximum Gasteiger partial charge on any atom is 0.471 e. The third kappa shape index (κ3) is 7.01. The number of aryl methyl sites for hydroxylation is 1. The number of alkyl halides is 3. The van der Waals surface area contributed by atoms with Crippen molar-refractivity contribution in [1.29, 1.82) is 0 Å². The number of nitrogens with two attached hydrogens (primary N) is 1. The van der Waals surface area contributed by atoms with E-state index >= 15 is 0 Å². The Bertz CT molecular complexity index is 912. The van der Waals surface area contributed by atoms with Gasteiger partial charge in [-0.2, -0.15) is 13.2 Å². The number of halogens is 3. The van der Waals surface area contributed by atoms with E-state index in [1.165, 1.54) is 4.90 Å². The maximum absolute atomic E-state index is 13.3. The molecule has 0 spiro atoms. The molecule has 1 saturated heterocycles. The van der Waals surface area contributed by atoms with Gasteiger partial charge in [-0.05, 0) is 50.5 Å². The number of benzene rings is 1. The fraction of sp³-hybridized carbons (Fsp3) is 0.565. The van der Waals surface area contributed by atoms with Crippen molar-refractivity contribution in [2.45, 2.75) is 68.7 Å². The number of amides is 1. The van der Waals surface area contributed by atoms with E-state index in [9.17, 15) is 42.6 Å². The molecule has 1 aromatic rings. The Labute approximate surface area is 200 Å². The van der Waals surface area contributed by atoms with Crippen molar-refractivity contribution < 1.29 is 42.6 Å². The number of carboxylic acids is 2. The molecular weight excluding hydrogens is 471 g/mol. The van der Waals surface area contributed by atoms with E-state index in [0.717, 1.165) is 5.56 Å². The fourth-order valence-electron chi connectivity index (χ4n) is 4.45. The molecular formula is C23H30F3N3O6. The van der Waals surface area contributed by atoms with Crippen molar-refractivity contribution in [2.24, 2.45) is 5.73 Å². The Morgan fingerprint density at radius 1 is 1.09 bits per heavy atom. The number of carbonyl (C=O) groups is 4. The van der Waals surface area contributed by atoms with Gasteiger partial charge in [-0.25, -0.2) is 4.79 Å². The molecule has 9 nitrogen and oxygen atoms in total.